The minimum absolute atomic E-state index is 0.141. The van der Waals surface area contributed by atoms with Gasteiger partial charge in [0.15, 0.2) is 11.5 Å². The largest absolute Gasteiger partial charge is 0.492 e. The van der Waals surface area contributed by atoms with Crippen LogP contribution in [0.1, 0.15) is 34.6 Å². The molecule has 1 atom stereocenters. The standard InChI is InChI=1S/C24H29Cl2N3O6/c1-6-32-17-10-11-18(33-7-2)23(21(17)26)27-24(31)22(14(5)30)29-28-16-12-15(25)19(34-8-3)13-20(16)35-9-4/h10-13,22H,6-9H2,1-5H3,(H,27,31). The van der Waals surface area contributed by atoms with Crippen LogP contribution in [0.2, 0.25) is 10.0 Å². The summed E-state index contributed by atoms with van der Waals surface area (Å²) in [6, 6.07) is 4.87. The predicted molar refractivity (Wildman–Crippen MR) is 135 cm³/mol. The van der Waals surface area contributed by atoms with E-state index >= 15 is 0 Å². The van der Waals surface area contributed by atoms with Crippen LogP contribution in [-0.4, -0.2) is 44.2 Å². The van der Waals surface area contributed by atoms with Crippen molar-refractivity contribution in [2.24, 2.45) is 10.2 Å². The fraction of sp³-hybridized carbons (Fsp3) is 0.417. The summed E-state index contributed by atoms with van der Waals surface area (Å²) >= 11 is 12.7. The van der Waals surface area contributed by atoms with Crippen LogP contribution < -0.4 is 24.3 Å². The highest BCUT2D eigenvalue weighted by Crippen LogP contribution is 2.40. The van der Waals surface area contributed by atoms with Crippen LogP contribution in [0.3, 0.4) is 0 Å². The molecular formula is C24H29Cl2N3O6. The van der Waals surface area contributed by atoms with E-state index in [4.69, 9.17) is 42.1 Å². The molecule has 0 aliphatic carbocycles. The summed E-state index contributed by atoms with van der Waals surface area (Å²) in [4.78, 5) is 25.3. The number of hydrogen-bond acceptors (Lipinski definition) is 8. The molecule has 9 nitrogen and oxygen atoms in total. The molecule has 2 rings (SSSR count). The van der Waals surface area contributed by atoms with Gasteiger partial charge in [-0.3, -0.25) is 9.59 Å². The molecule has 2 aromatic carbocycles. The molecule has 0 aliphatic rings. The average Bonchev–Trinajstić information content (AvgIpc) is 2.81. The lowest BCUT2D eigenvalue weighted by molar-refractivity contribution is -0.126. The number of ether oxygens (including phenoxy) is 4. The quantitative estimate of drug-likeness (QED) is 0.244. The van der Waals surface area contributed by atoms with E-state index in [0.717, 1.165) is 0 Å². The number of nitrogens with zero attached hydrogens (tertiary/aromatic N) is 2. The third-order valence-electron chi connectivity index (χ3n) is 4.44. The molecule has 0 bridgehead atoms. The zero-order chi connectivity index (χ0) is 26.0. The van der Waals surface area contributed by atoms with E-state index in [1.165, 1.54) is 13.0 Å². The highest BCUT2D eigenvalue weighted by Gasteiger charge is 2.26. The molecule has 1 unspecified atom stereocenters. The average molecular weight is 526 g/mol. The molecule has 0 spiro atoms. The van der Waals surface area contributed by atoms with Gasteiger partial charge in [0.1, 0.15) is 33.6 Å². The van der Waals surface area contributed by atoms with Crippen LogP contribution in [0.5, 0.6) is 23.0 Å². The van der Waals surface area contributed by atoms with Crippen LogP contribution in [0.4, 0.5) is 11.4 Å². The molecule has 0 aliphatic heterocycles. The minimum atomic E-state index is -1.46. The van der Waals surface area contributed by atoms with E-state index in [1.54, 1.807) is 39.0 Å². The lowest BCUT2D eigenvalue weighted by Crippen LogP contribution is -2.32. The van der Waals surface area contributed by atoms with Crippen molar-refractivity contribution in [2.75, 3.05) is 31.7 Å². The number of Topliss-reactive ketones (excluding diaryl/α,β-unsaturated/α-hetero) is 1. The van der Waals surface area contributed by atoms with E-state index in [9.17, 15) is 9.59 Å². The molecule has 190 valence electrons. The van der Waals surface area contributed by atoms with Crippen molar-refractivity contribution in [1.29, 1.82) is 0 Å². The summed E-state index contributed by atoms with van der Waals surface area (Å²) in [5, 5.41) is 11.1. The molecular weight excluding hydrogens is 497 g/mol. The molecule has 0 aromatic heterocycles. The summed E-state index contributed by atoms with van der Waals surface area (Å²) in [6.45, 7) is 9.93. The van der Waals surface area contributed by atoms with Gasteiger partial charge in [0, 0.05) is 6.07 Å². The van der Waals surface area contributed by atoms with Gasteiger partial charge in [0.25, 0.3) is 5.91 Å². The molecule has 1 N–H and O–H groups in total. The molecule has 0 saturated carbocycles. The summed E-state index contributed by atoms with van der Waals surface area (Å²) in [6.07, 6.45) is 0. The molecule has 0 radical (unpaired) electrons. The number of azo groups is 1. The SMILES string of the molecule is CCOc1cc(OCC)c(N=NC(C(C)=O)C(=O)Nc2c(OCC)ccc(OCC)c2Cl)cc1Cl. The van der Waals surface area contributed by atoms with Crippen LogP contribution in [0.15, 0.2) is 34.5 Å². The number of carbonyl (C=O) groups is 2. The zero-order valence-electron chi connectivity index (χ0n) is 20.3. The second-order valence-electron chi connectivity index (χ2n) is 6.95. The number of benzene rings is 2. The number of halogens is 2. The van der Waals surface area contributed by atoms with Crippen molar-refractivity contribution in [3.8, 4) is 23.0 Å². The van der Waals surface area contributed by atoms with Crippen molar-refractivity contribution >= 4 is 46.3 Å². The lowest BCUT2D eigenvalue weighted by atomic mass is 10.2. The van der Waals surface area contributed by atoms with Gasteiger partial charge in [-0.05, 0) is 52.8 Å². The maximum absolute atomic E-state index is 13.1. The zero-order valence-corrected chi connectivity index (χ0v) is 21.8. The van der Waals surface area contributed by atoms with Crippen molar-refractivity contribution < 1.29 is 28.5 Å². The first kappa shape index (κ1) is 28.2. The molecule has 2 aromatic rings. The third-order valence-corrected chi connectivity index (χ3v) is 5.11. The summed E-state index contributed by atoms with van der Waals surface area (Å²) in [5.41, 5.74) is 0.413. The van der Waals surface area contributed by atoms with Gasteiger partial charge in [0.2, 0.25) is 6.04 Å². The van der Waals surface area contributed by atoms with Crippen LogP contribution in [0, 0.1) is 0 Å². The maximum Gasteiger partial charge on any atom is 0.258 e. The minimum Gasteiger partial charge on any atom is -0.492 e. The van der Waals surface area contributed by atoms with Gasteiger partial charge in [-0.25, -0.2) is 0 Å². The van der Waals surface area contributed by atoms with Crippen molar-refractivity contribution in [2.45, 2.75) is 40.7 Å². The van der Waals surface area contributed by atoms with Gasteiger partial charge in [-0.15, -0.1) is 0 Å². The Morgan fingerprint density at radius 2 is 1.40 bits per heavy atom. The van der Waals surface area contributed by atoms with E-state index in [2.05, 4.69) is 15.5 Å². The van der Waals surface area contributed by atoms with Crippen molar-refractivity contribution in [3.05, 3.63) is 34.3 Å². The van der Waals surface area contributed by atoms with E-state index < -0.39 is 17.7 Å². The van der Waals surface area contributed by atoms with Gasteiger partial charge in [-0.1, -0.05) is 23.2 Å². The Bertz CT molecular complexity index is 1080. The number of hydrogen-bond donors (Lipinski definition) is 1. The van der Waals surface area contributed by atoms with Crippen LogP contribution >= 0.6 is 23.2 Å². The van der Waals surface area contributed by atoms with E-state index in [0.29, 0.717) is 49.4 Å². The molecule has 1 amide bonds. The second kappa shape index (κ2) is 13.7. The van der Waals surface area contributed by atoms with Gasteiger partial charge in [-0.2, -0.15) is 10.2 Å². The summed E-state index contributed by atoms with van der Waals surface area (Å²) < 4.78 is 22.1. The Hall–Kier alpha value is -3.04. The van der Waals surface area contributed by atoms with E-state index in [1.807, 2.05) is 6.92 Å². The Morgan fingerprint density at radius 3 is 2.00 bits per heavy atom. The normalized spacial score (nSPS) is 11.7. The summed E-state index contributed by atoms with van der Waals surface area (Å²) in [7, 11) is 0. The Morgan fingerprint density at radius 1 is 0.857 bits per heavy atom. The van der Waals surface area contributed by atoms with Gasteiger partial charge >= 0.3 is 0 Å². The fourth-order valence-electron chi connectivity index (χ4n) is 2.97. The molecule has 0 fully saturated rings. The lowest BCUT2D eigenvalue weighted by Gasteiger charge is -2.17. The molecule has 0 saturated heterocycles. The second-order valence-corrected chi connectivity index (χ2v) is 7.74. The maximum atomic E-state index is 13.1. The Balaban J connectivity index is 2.39. The first-order valence-electron chi connectivity index (χ1n) is 11.2. The Labute approximate surface area is 214 Å². The van der Waals surface area contributed by atoms with Crippen LogP contribution in [-0.2, 0) is 9.59 Å². The molecule has 11 heteroatoms. The number of amides is 1. The number of carbonyl (C=O) groups excluding carboxylic acids is 2. The highest BCUT2D eigenvalue weighted by atomic mass is 35.5. The monoisotopic (exact) mass is 525 g/mol. The number of nitrogens with one attached hydrogen (secondary N) is 1. The molecule has 0 heterocycles. The first-order valence-corrected chi connectivity index (χ1v) is 11.9. The van der Waals surface area contributed by atoms with Crippen molar-refractivity contribution in [1.82, 2.24) is 0 Å². The van der Waals surface area contributed by atoms with E-state index in [-0.39, 0.29) is 21.4 Å². The smallest absolute Gasteiger partial charge is 0.258 e. The number of ketones is 1. The van der Waals surface area contributed by atoms with Crippen LogP contribution in [0.25, 0.3) is 0 Å². The third kappa shape index (κ3) is 7.47. The summed E-state index contributed by atoms with van der Waals surface area (Å²) in [5.74, 6) is 0.177. The fourth-order valence-corrected chi connectivity index (χ4v) is 3.44. The van der Waals surface area contributed by atoms with Crippen molar-refractivity contribution in [3.63, 3.8) is 0 Å². The predicted octanol–water partition coefficient (Wildman–Crippen LogP) is 6.27. The Kier molecular flexibility index (Phi) is 11.1. The number of rotatable bonds is 13. The van der Waals surface area contributed by atoms with Gasteiger partial charge in [0.05, 0.1) is 31.5 Å². The topological polar surface area (TPSA) is 108 Å². The van der Waals surface area contributed by atoms with Gasteiger partial charge < -0.3 is 24.3 Å². The highest BCUT2D eigenvalue weighted by molar-refractivity contribution is 6.36. The first-order chi connectivity index (χ1) is 16.8. The number of anilines is 1. The molecule has 35 heavy (non-hydrogen) atoms.